The van der Waals surface area contributed by atoms with E-state index in [1.54, 1.807) is 24.3 Å². The highest BCUT2D eigenvalue weighted by Gasteiger charge is 2.25. The number of ether oxygens (including phenoxy) is 1. The Morgan fingerprint density at radius 1 is 1.36 bits per heavy atom. The summed E-state index contributed by atoms with van der Waals surface area (Å²) in [4.78, 5) is 17.9. The second kappa shape index (κ2) is 9.21. The summed E-state index contributed by atoms with van der Waals surface area (Å²) in [6.07, 6.45) is 3.90. The average Bonchev–Trinajstić information content (AvgIpc) is 3.22. The Labute approximate surface area is 199 Å². The Hall–Kier alpha value is -2.81. The molecule has 3 heterocycles. The second-order valence-electron chi connectivity index (χ2n) is 7.82. The number of aliphatic hydroxyl groups is 1. The number of carbonyl (C=O) groups excluding carboxylic acids is 1. The minimum absolute atomic E-state index is 0.102. The molecule has 0 fully saturated rings. The number of aliphatic hydroxyl groups excluding tert-OH is 1. The molecule has 0 bridgehead atoms. The Kier molecular flexibility index (Phi) is 6.52. The number of furan rings is 1. The lowest BCUT2D eigenvalue weighted by Crippen LogP contribution is -2.40. The molecule has 2 aromatic heterocycles. The van der Waals surface area contributed by atoms with E-state index >= 15 is 0 Å². The molecule has 10 heteroatoms. The molecule has 1 amide bonds. The van der Waals surface area contributed by atoms with E-state index in [0.717, 1.165) is 11.1 Å². The maximum atomic E-state index is 14.0. The molecule has 3 aromatic rings. The van der Waals surface area contributed by atoms with Crippen molar-refractivity contribution in [2.24, 2.45) is 0 Å². The van der Waals surface area contributed by atoms with Crippen LogP contribution in [-0.4, -0.2) is 40.1 Å². The maximum Gasteiger partial charge on any atom is 0.251 e. The van der Waals surface area contributed by atoms with Crippen molar-refractivity contribution in [3.05, 3.63) is 57.7 Å². The first kappa shape index (κ1) is 23.4. The Morgan fingerprint density at radius 3 is 2.79 bits per heavy atom. The Morgan fingerprint density at radius 2 is 2.12 bits per heavy atom. The first-order valence-electron chi connectivity index (χ1n) is 10.3. The van der Waals surface area contributed by atoms with Gasteiger partial charge in [-0.25, -0.2) is 9.37 Å². The van der Waals surface area contributed by atoms with Crippen LogP contribution in [0, 0.1) is 5.82 Å². The quantitative estimate of drug-likeness (QED) is 0.485. The number of benzene rings is 1. The van der Waals surface area contributed by atoms with Crippen LogP contribution in [-0.2, 0) is 4.79 Å². The normalized spacial score (nSPS) is 15.9. The number of halogens is 3. The fraction of sp³-hybridized carbons (Fsp3) is 0.304. The number of aromatic nitrogens is 1. The number of anilines is 1. The summed E-state index contributed by atoms with van der Waals surface area (Å²) in [5.41, 5.74) is 8.53. The fourth-order valence-corrected chi connectivity index (χ4v) is 4.55. The van der Waals surface area contributed by atoms with Crippen LogP contribution in [0.15, 0.2) is 35.1 Å². The highest BCUT2D eigenvalue weighted by atomic mass is 35.5. The zero-order valence-electron chi connectivity index (χ0n) is 17.9. The standard InChI is InChI=1S/C23H22Cl2FN3O4/c1-11(30)23(31)29-7-5-13(6-8-29)15-10-32-20-14(15)9-28-22(27)21(20)33-12(2)18-16(24)3-4-17(26)19(18)25/h3-5,9-12,30H,6-8H2,1-2H3,(H2,27,28)/t11-,12+/m0/s1. The molecule has 0 radical (unpaired) electrons. The number of nitrogen functional groups attached to an aromatic ring is 1. The van der Waals surface area contributed by atoms with Crippen LogP contribution in [0.1, 0.15) is 37.5 Å². The van der Waals surface area contributed by atoms with Gasteiger partial charge in [0.05, 0.1) is 16.7 Å². The van der Waals surface area contributed by atoms with Crippen molar-refractivity contribution in [2.75, 3.05) is 18.8 Å². The number of hydrogen-bond acceptors (Lipinski definition) is 6. The summed E-state index contributed by atoms with van der Waals surface area (Å²) in [6.45, 7) is 3.98. The van der Waals surface area contributed by atoms with Crippen molar-refractivity contribution in [1.29, 1.82) is 0 Å². The SMILES string of the molecule is C[C@H](O)C(=O)N1CC=C(c2coc3c(O[C@H](C)c4c(Cl)ccc(F)c4Cl)c(N)ncc23)CC1. The zero-order valence-corrected chi connectivity index (χ0v) is 19.5. The summed E-state index contributed by atoms with van der Waals surface area (Å²) in [6, 6.07) is 2.59. The van der Waals surface area contributed by atoms with Gasteiger partial charge in [0.25, 0.3) is 5.91 Å². The van der Waals surface area contributed by atoms with E-state index in [9.17, 15) is 14.3 Å². The van der Waals surface area contributed by atoms with Crippen molar-refractivity contribution in [3.8, 4) is 5.75 Å². The van der Waals surface area contributed by atoms with Gasteiger partial charge in [-0.15, -0.1) is 0 Å². The average molecular weight is 494 g/mol. The first-order chi connectivity index (χ1) is 15.7. The topological polar surface area (TPSA) is 102 Å². The molecule has 0 aliphatic carbocycles. The summed E-state index contributed by atoms with van der Waals surface area (Å²) in [7, 11) is 0. The number of nitrogens with two attached hydrogens (primary N) is 1. The molecule has 1 aliphatic heterocycles. The molecule has 174 valence electrons. The molecular weight excluding hydrogens is 472 g/mol. The molecule has 33 heavy (non-hydrogen) atoms. The predicted molar refractivity (Wildman–Crippen MR) is 125 cm³/mol. The van der Waals surface area contributed by atoms with E-state index in [4.69, 9.17) is 38.1 Å². The molecule has 1 aromatic carbocycles. The van der Waals surface area contributed by atoms with Crippen molar-refractivity contribution in [3.63, 3.8) is 0 Å². The van der Waals surface area contributed by atoms with Crippen molar-refractivity contribution in [2.45, 2.75) is 32.5 Å². The van der Waals surface area contributed by atoms with Gasteiger partial charge in [-0.1, -0.05) is 29.3 Å². The van der Waals surface area contributed by atoms with Crippen LogP contribution in [0.25, 0.3) is 16.5 Å². The van der Waals surface area contributed by atoms with E-state index in [1.807, 2.05) is 6.08 Å². The molecule has 0 saturated carbocycles. The van der Waals surface area contributed by atoms with Gasteiger partial charge < -0.3 is 24.9 Å². The van der Waals surface area contributed by atoms with Crippen LogP contribution in [0.2, 0.25) is 10.0 Å². The number of pyridine rings is 1. The minimum Gasteiger partial charge on any atom is -0.478 e. The molecule has 2 atom stereocenters. The smallest absolute Gasteiger partial charge is 0.251 e. The van der Waals surface area contributed by atoms with Gasteiger partial charge in [0.2, 0.25) is 5.75 Å². The maximum absolute atomic E-state index is 14.0. The lowest BCUT2D eigenvalue weighted by atomic mass is 9.99. The summed E-state index contributed by atoms with van der Waals surface area (Å²) < 4.78 is 25.8. The molecule has 0 spiro atoms. The molecule has 0 saturated heterocycles. The summed E-state index contributed by atoms with van der Waals surface area (Å²) in [5, 5.41) is 10.3. The van der Waals surface area contributed by atoms with Gasteiger partial charge in [-0.3, -0.25) is 4.79 Å². The predicted octanol–water partition coefficient (Wildman–Crippen LogP) is 4.99. The number of amides is 1. The van der Waals surface area contributed by atoms with Gasteiger partial charge >= 0.3 is 0 Å². The second-order valence-corrected chi connectivity index (χ2v) is 8.61. The van der Waals surface area contributed by atoms with Gasteiger partial charge in [0, 0.05) is 35.4 Å². The highest BCUT2D eigenvalue weighted by Crippen LogP contribution is 2.41. The molecule has 3 N–H and O–H groups in total. The molecule has 0 unspecified atom stereocenters. The molecule has 1 aliphatic rings. The van der Waals surface area contributed by atoms with Crippen molar-refractivity contribution in [1.82, 2.24) is 9.88 Å². The Bertz CT molecular complexity index is 1260. The van der Waals surface area contributed by atoms with Crippen LogP contribution in [0.5, 0.6) is 5.75 Å². The van der Waals surface area contributed by atoms with Gasteiger partial charge in [0.15, 0.2) is 11.4 Å². The molecule has 7 nitrogen and oxygen atoms in total. The van der Waals surface area contributed by atoms with E-state index < -0.39 is 18.0 Å². The number of fused-ring (bicyclic) bond motifs is 1. The lowest BCUT2D eigenvalue weighted by Gasteiger charge is -2.27. The third kappa shape index (κ3) is 4.38. The molecular formula is C23H22Cl2FN3O4. The summed E-state index contributed by atoms with van der Waals surface area (Å²) in [5.74, 6) is -0.616. The van der Waals surface area contributed by atoms with Gasteiger partial charge in [-0.2, -0.15) is 0 Å². The largest absolute Gasteiger partial charge is 0.478 e. The third-order valence-corrected chi connectivity index (χ3v) is 6.32. The Balaban J connectivity index is 1.66. The van der Waals surface area contributed by atoms with Crippen LogP contribution in [0.4, 0.5) is 10.2 Å². The minimum atomic E-state index is -1.04. The van der Waals surface area contributed by atoms with Crippen LogP contribution >= 0.6 is 23.2 Å². The fourth-order valence-electron chi connectivity index (χ4n) is 3.87. The first-order valence-corrected chi connectivity index (χ1v) is 11.1. The van der Waals surface area contributed by atoms with Crippen LogP contribution in [0.3, 0.4) is 0 Å². The monoisotopic (exact) mass is 493 g/mol. The zero-order chi connectivity index (χ0) is 23.9. The number of hydrogen-bond donors (Lipinski definition) is 2. The van der Waals surface area contributed by atoms with Crippen molar-refractivity contribution >= 4 is 51.5 Å². The summed E-state index contributed by atoms with van der Waals surface area (Å²) >= 11 is 12.3. The molecule has 4 rings (SSSR count). The van der Waals surface area contributed by atoms with Gasteiger partial charge in [-0.05, 0) is 38.0 Å². The number of nitrogens with zero attached hydrogens (tertiary/aromatic N) is 2. The lowest BCUT2D eigenvalue weighted by molar-refractivity contribution is -0.138. The van der Waals surface area contributed by atoms with E-state index in [0.29, 0.717) is 36.0 Å². The highest BCUT2D eigenvalue weighted by molar-refractivity contribution is 6.36. The van der Waals surface area contributed by atoms with Gasteiger partial charge in [0.1, 0.15) is 18.0 Å². The third-order valence-electron chi connectivity index (χ3n) is 5.61. The van der Waals surface area contributed by atoms with Crippen molar-refractivity contribution < 1.29 is 23.4 Å². The van der Waals surface area contributed by atoms with E-state index in [1.165, 1.54) is 19.1 Å². The van der Waals surface area contributed by atoms with E-state index in [2.05, 4.69) is 4.98 Å². The van der Waals surface area contributed by atoms with Crippen LogP contribution < -0.4 is 10.5 Å². The number of rotatable bonds is 5. The number of carbonyl (C=O) groups is 1. The van der Waals surface area contributed by atoms with E-state index in [-0.39, 0.29) is 27.5 Å².